The van der Waals surface area contributed by atoms with Crippen molar-refractivity contribution in [3.8, 4) is 5.69 Å². The fourth-order valence-electron chi connectivity index (χ4n) is 4.64. The van der Waals surface area contributed by atoms with Gasteiger partial charge in [-0.1, -0.05) is 37.6 Å². The van der Waals surface area contributed by atoms with E-state index in [1.165, 1.54) is 0 Å². The number of para-hydroxylation sites is 1. The monoisotopic (exact) mass is 391 g/mol. The van der Waals surface area contributed by atoms with Gasteiger partial charge < -0.3 is 4.90 Å². The Labute approximate surface area is 172 Å². The molecule has 1 amide bonds. The molecule has 2 aliphatic rings. The summed E-state index contributed by atoms with van der Waals surface area (Å²) >= 11 is 0. The van der Waals surface area contributed by atoms with Gasteiger partial charge in [0.2, 0.25) is 5.91 Å². The Hall–Kier alpha value is -2.69. The zero-order valence-corrected chi connectivity index (χ0v) is 17.7. The molecule has 29 heavy (non-hydrogen) atoms. The number of nitrogens with zero attached hydrogens (tertiary/aromatic N) is 3. The minimum atomic E-state index is -0.137. The lowest BCUT2D eigenvalue weighted by Gasteiger charge is -2.30. The largest absolute Gasteiger partial charge is 0.330 e. The quantitative estimate of drug-likeness (QED) is 0.715. The molecular weight excluding hydrogens is 362 g/mol. The van der Waals surface area contributed by atoms with E-state index in [9.17, 15) is 9.59 Å². The molecule has 1 aliphatic carbocycles. The molecule has 1 saturated heterocycles. The molecule has 2 heterocycles. The molecule has 1 aliphatic heterocycles. The Balaban J connectivity index is 1.85. The van der Waals surface area contributed by atoms with Gasteiger partial charge in [-0.2, -0.15) is 5.10 Å². The van der Waals surface area contributed by atoms with E-state index in [1.54, 1.807) is 6.08 Å². The highest BCUT2D eigenvalue weighted by Crippen LogP contribution is 2.42. The van der Waals surface area contributed by atoms with Crippen LogP contribution < -0.4 is 0 Å². The zero-order valence-electron chi connectivity index (χ0n) is 17.7. The summed E-state index contributed by atoms with van der Waals surface area (Å²) in [5.74, 6) is 0.161. The first kappa shape index (κ1) is 19.6. The van der Waals surface area contributed by atoms with Crippen LogP contribution in [-0.2, 0) is 11.2 Å². The molecule has 0 radical (unpaired) electrons. The molecule has 5 heteroatoms. The number of carbonyl (C=O) groups is 2. The van der Waals surface area contributed by atoms with E-state index in [2.05, 4.69) is 13.8 Å². The second-order valence-corrected chi connectivity index (χ2v) is 9.31. The summed E-state index contributed by atoms with van der Waals surface area (Å²) in [4.78, 5) is 27.9. The van der Waals surface area contributed by atoms with Crippen LogP contribution in [0.2, 0.25) is 0 Å². The van der Waals surface area contributed by atoms with Crippen LogP contribution in [0.1, 0.15) is 74.7 Å². The molecule has 5 nitrogen and oxygen atoms in total. The van der Waals surface area contributed by atoms with Gasteiger partial charge in [0.1, 0.15) is 0 Å². The average molecular weight is 392 g/mol. The van der Waals surface area contributed by atoms with Crippen molar-refractivity contribution in [2.24, 2.45) is 5.41 Å². The Morgan fingerprint density at radius 1 is 1.17 bits per heavy atom. The molecule has 152 valence electrons. The smallest absolute Gasteiger partial charge is 0.247 e. The van der Waals surface area contributed by atoms with Crippen molar-refractivity contribution < 1.29 is 9.59 Å². The molecule has 2 aromatic rings. The van der Waals surface area contributed by atoms with E-state index >= 15 is 0 Å². The second-order valence-electron chi connectivity index (χ2n) is 9.31. The third-order valence-electron chi connectivity index (χ3n) is 5.84. The van der Waals surface area contributed by atoms with E-state index < -0.39 is 0 Å². The number of fused-ring (bicyclic) bond motifs is 1. The molecule has 0 N–H and O–H groups in total. The highest BCUT2D eigenvalue weighted by Gasteiger charge is 2.41. The first-order valence-corrected chi connectivity index (χ1v) is 10.4. The molecule has 0 spiro atoms. The van der Waals surface area contributed by atoms with Gasteiger partial charge in [0.05, 0.1) is 28.7 Å². The number of Topliss-reactive ketones (excluding diaryl/α,β-unsaturated/α-hetero) is 1. The van der Waals surface area contributed by atoms with E-state index in [1.807, 2.05) is 53.8 Å². The van der Waals surface area contributed by atoms with Gasteiger partial charge in [-0.3, -0.25) is 9.59 Å². The highest BCUT2D eigenvalue weighted by atomic mass is 16.2. The molecule has 1 aromatic carbocycles. The normalized spacial score (nSPS) is 20.5. The molecule has 1 aromatic heterocycles. The molecule has 1 fully saturated rings. The number of rotatable bonds is 3. The minimum absolute atomic E-state index is 0.0131. The van der Waals surface area contributed by atoms with E-state index in [0.29, 0.717) is 13.0 Å². The number of carbonyl (C=O) groups excluding carboxylic acids is 2. The lowest BCUT2D eigenvalue weighted by Crippen LogP contribution is -2.32. The average Bonchev–Trinajstić information content (AvgIpc) is 3.25. The maximum Gasteiger partial charge on any atom is 0.247 e. The van der Waals surface area contributed by atoms with Gasteiger partial charge in [0, 0.05) is 19.0 Å². The summed E-state index contributed by atoms with van der Waals surface area (Å²) in [5.41, 5.74) is 4.35. The number of benzene rings is 1. The van der Waals surface area contributed by atoms with Gasteiger partial charge in [-0.05, 0) is 50.7 Å². The van der Waals surface area contributed by atoms with Gasteiger partial charge in [0.15, 0.2) is 5.78 Å². The minimum Gasteiger partial charge on any atom is -0.330 e. The number of hydrogen-bond acceptors (Lipinski definition) is 3. The Kier molecular flexibility index (Phi) is 4.93. The molecule has 0 unspecified atom stereocenters. The number of amides is 1. The van der Waals surface area contributed by atoms with Crippen molar-refractivity contribution in [1.82, 2.24) is 14.7 Å². The van der Waals surface area contributed by atoms with Gasteiger partial charge in [-0.25, -0.2) is 4.68 Å². The first-order chi connectivity index (χ1) is 13.8. The van der Waals surface area contributed by atoms with Crippen LogP contribution in [0.3, 0.4) is 0 Å². The maximum atomic E-state index is 13.2. The van der Waals surface area contributed by atoms with Gasteiger partial charge in [0.25, 0.3) is 0 Å². The van der Waals surface area contributed by atoms with Crippen molar-refractivity contribution in [3.63, 3.8) is 0 Å². The molecular formula is C24H29N3O2. The molecule has 0 bridgehead atoms. The van der Waals surface area contributed by atoms with Crippen molar-refractivity contribution in [1.29, 1.82) is 0 Å². The fourth-order valence-corrected chi connectivity index (χ4v) is 4.64. The molecule has 1 atom stereocenters. The number of likely N-dealkylation sites (tertiary alicyclic amines) is 1. The van der Waals surface area contributed by atoms with E-state index in [-0.39, 0.29) is 23.1 Å². The van der Waals surface area contributed by atoms with Crippen LogP contribution in [0.4, 0.5) is 0 Å². The summed E-state index contributed by atoms with van der Waals surface area (Å²) in [7, 11) is 0. The lowest BCUT2D eigenvalue weighted by molar-refractivity contribution is -0.127. The number of hydrogen-bond donors (Lipinski definition) is 0. The standard InChI is InChI=1S/C24H29N3O2/c1-16(2)13-21(29)26-12-8-11-18(26)23-22-19(14-24(3,4)15-20(22)28)27(25-23)17-9-6-5-7-10-17/h5-7,9-10,13,18H,8,11-12,14-15H2,1-4H3/t18-/m0/s1. The molecule has 0 saturated carbocycles. The zero-order chi connectivity index (χ0) is 20.8. The predicted molar refractivity (Wildman–Crippen MR) is 113 cm³/mol. The third kappa shape index (κ3) is 3.66. The number of aromatic nitrogens is 2. The molecule has 4 rings (SSSR count). The highest BCUT2D eigenvalue weighted by molar-refractivity contribution is 6.00. The SMILES string of the molecule is CC(C)=CC(=O)N1CCC[C@H]1c1nn(-c2ccccc2)c2c1C(=O)CC(C)(C)C2. The van der Waals surface area contributed by atoms with Crippen LogP contribution in [0.5, 0.6) is 0 Å². The predicted octanol–water partition coefficient (Wildman–Crippen LogP) is 4.66. The summed E-state index contributed by atoms with van der Waals surface area (Å²) in [5, 5.41) is 4.95. The van der Waals surface area contributed by atoms with Crippen molar-refractivity contribution in [2.45, 2.75) is 59.4 Å². The maximum absolute atomic E-state index is 13.2. The third-order valence-corrected chi connectivity index (χ3v) is 5.84. The van der Waals surface area contributed by atoms with Crippen LogP contribution in [0.15, 0.2) is 42.0 Å². The first-order valence-electron chi connectivity index (χ1n) is 10.4. The van der Waals surface area contributed by atoms with Crippen LogP contribution in [-0.4, -0.2) is 32.9 Å². The van der Waals surface area contributed by atoms with Crippen LogP contribution >= 0.6 is 0 Å². The van der Waals surface area contributed by atoms with Crippen molar-refractivity contribution in [2.75, 3.05) is 6.54 Å². The van der Waals surface area contributed by atoms with Crippen molar-refractivity contribution in [3.05, 3.63) is 58.9 Å². The topological polar surface area (TPSA) is 55.2 Å². The Morgan fingerprint density at radius 3 is 2.59 bits per heavy atom. The number of ketones is 1. The summed E-state index contributed by atoms with van der Waals surface area (Å²) in [6, 6.07) is 9.85. The van der Waals surface area contributed by atoms with Gasteiger partial charge in [-0.15, -0.1) is 0 Å². The van der Waals surface area contributed by atoms with Crippen molar-refractivity contribution >= 4 is 11.7 Å². The summed E-state index contributed by atoms with van der Waals surface area (Å²) in [6.07, 6.45) is 4.77. The van der Waals surface area contributed by atoms with E-state index in [0.717, 1.165) is 47.5 Å². The Bertz CT molecular complexity index is 981. The lowest BCUT2D eigenvalue weighted by atomic mass is 9.75. The number of allylic oxidation sites excluding steroid dienone is 1. The summed E-state index contributed by atoms with van der Waals surface area (Å²) in [6.45, 7) is 8.84. The Morgan fingerprint density at radius 2 is 1.90 bits per heavy atom. The van der Waals surface area contributed by atoms with Crippen LogP contribution in [0.25, 0.3) is 5.69 Å². The van der Waals surface area contributed by atoms with Gasteiger partial charge >= 0.3 is 0 Å². The van der Waals surface area contributed by atoms with Crippen LogP contribution in [0, 0.1) is 5.41 Å². The fraction of sp³-hybridized carbons (Fsp3) is 0.458. The summed E-state index contributed by atoms with van der Waals surface area (Å²) < 4.78 is 1.94. The second kappa shape index (κ2) is 7.29. The van der Waals surface area contributed by atoms with E-state index in [4.69, 9.17) is 5.10 Å².